The molecule has 0 radical (unpaired) electrons. The van der Waals surface area contributed by atoms with Crippen LogP contribution in [0.5, 0.6) is 0 Å². The zero-order valence-electron chi connectivity index (χ0n) is 15.2. The maximum Gasteiger partial charge on any atom is 0.194 e. The lowest BCUT2D eigenvalue weighted by Gasteiger charge is -2.18. The Hall–Kier alpha value is -2.52. The van der Waals surface area contributed by atoms with Gasteiger partial charge < -0.3 is 10.3 Å². The first-order chi connectivity index (χ1) is 13.1. The zero-order chi connectivity index (χ0) is 20.6. The number of nitrogens with zero attached hydrogens (tertiary/aromatic N) is 2. The maximum atomic E-state index is 13.6. The Balaban J connectivity index is 2.11. The van der Waals surface area contributed by atoms with Crippen LogP contribution in [0.1, 0.15) is 28.8 Å². The number of halogens is 3. The van der Waals surface area contributed by atoms with Crippen LogP contribution < -0.4 is 5.32 Å². The van der Waals surface area contributed by atoms with Crippen molar-refractivity contribution in [3.05, 3.63) is 69.8 Å². The number of H-pyrrole nitrogens is 1. The Bertz CT molecular complexity index is 1150. The molecule has 2 heterocycles. The molecule has 6 nitrogen and oxygen atoms in total. The zero-order valence-corrected chi connectivity index (χ0v) is 16.8. The van der Waals surface area contributed by atoms with Gasteiger partial charge in [0, 0.05) is 6.26 Å². The molecule has 0 amide bonds. The highest BCUT2D eigenvalue weighted by molar-refractivity contribution is 7.90. The van der Waals surface area contributed by atoms with E-state index in [0.29, 0.717) is 17.1 Å². The summed E-state index contributed by atoms with van der Waals surface area (Å²) in [5.74, 6) is -0.448. The minimum atomic E-state index is -3.55. The monoisotopic (exact) mass is 426 g/mol. The molecule has 2 N–H and O–H groups in total. The highest BCUT2D eigenvalue weighted by Crippen LogP contribution is 2.29. The van der Waals surface area contributed by atoms with Crippen molar-refractivity contribution in [2.24, 2.45) is 0 Å². The second-order valence-electron chi connectivity index (χ2n) is 6.34. The van der Waals surface area contributed by atoms with Crippen LogP contribution in [-0.2, 0) is 9.84 Å². The summed E-state index contributed by atoms with van der Waals surface area (Å²) in [7, 11) is -3.55. The third kappa shape index (κ3) is 4.15. The fourth-order valence-electron chi connectivity index (χ4n) is 2.74. The molecule has 0 aliphatic carbocycles. The van der Waals surface area contributed by atoms with Crippen LogP contribution in [-0.4, -0.2) is 29.6 Å². The summed E-state index contributed by atoms with van der Waals surface area (Å²) in [4.78, 5) is 11.3. The van der Waals surface area contributed by atoms with Gasteiger partial charge in [0.15, 0.2) is 14.9 Å². The van der Waals surface area contributed by atoms with Gasteiger partial charge >= 0.3 is 0 Å². The van der Waals surface area contributed by atoms with E-state index in [1.54, 1.807) is 6.92 Å². The Labute approximate surface area is 165 Å². The number of aromatic amines is 1. The van der Waals surface area contributed by atoms with E-state index < -0.39 is 27.5 Å². The lowest BCUT2D eigenvalue weighted by Crippen LogP contribution is -2.16. The fraction of sp³-hybridized carbons (Fsp3) is 0.222. The molecule has 1 unspecified atom stereocenters. The number of sulfone groups is 1. The number of hydrogen-bond acceptors (Lipinski definition) is 5. The molecular weight excluding hydrogens is 410 g/mol. The molecule has 0 aliphatic heterocycles. The van der Waals surface area contributed by atoms with Crippen molar-refractivity contribution in [3.63, 3.8) is 0 Å². The number of pyridine rings is 1. The topological polar surface area (TPSA) is 87.7 Å². The Kier molecular flexibility index (Phi) is 5.40. The van der Waals surface area contributed by atoms with Gasteiger partial charge in [-0.05, 0) is 43.7 Å². The van der Waals surface area contributed by atoms with Gasteiger partial charge in [0.05, 0.1) is 16.4 Å². The van der Waals surface area contributed by atoms with Crippen LogP contribution in [0.3, 0.4) is 0 Å². The summed E-state index contributed by atoms with van der Waals surface area (Å²) >= 11 is 5.91. The van der Waals surface area contributed by atoms with Crippen molar-refractivity contribution >= 4 is 27.3 Å². The predicted octanol–water partition coefficient (Wildman–Crippen LogP) is 3.96. The van der Waals surface area contributed by atoms with Crippen LogP contribution in [0.25, 0.3) is 0 Å². The second-order valence-corrected chi connectivity index (χ2v) is 8.68. The number of benzene rings is 1. The van der Waals surface area contributed by atoms with Gasteiger partial charge in [0.1, 0.15) is 29.3 Å². The Morgan fingerprint density at radius 2 is 1.79 bits per heavy atom. The third-order valence-corrected chi connectivity index (χ3v) is 5.46. The minimum absolute atomic E-state index is 0.0919. The molecular formula is C18H17ClF2N4O2S. The molecule has 1 atom stereocenters. The van der Waals surface area contributed by atoms with Crippen molar-refractivity contribution in [1.29, 1.82) is 0 Å². The summed E-state index contributed by atoms with van der Waals surface area (Å²) in [6.45, 7) is 3.10. The Morgan fingerprint density at radius 1 is 1.11 bits per heavy atom. The van der Waals surface area contributed by atoms with Gasteiger partial charge in [-0.15, -0.1) is 0 Å². The van der Waals surface area contributed by atoms with E-state index in [4.69, 9.17) is 11.6 Å². The number of nitrogens with one attached hydrogen (secondary N) is 2. The summed E-state index contributed by atoms with van der Waals surface area (Å²) in [5.41, 5.74) is 1.07. The summed E-state index contributed by atoms with van der Waals surface area (Å²) in [5, 5.41) is 2.88. The average Bonchev–Trinajstić information content (AvgIpc) is 3.00. The van der Waals surface area contributed by atoms with Crippen molar-refractivity contribution < 1.29 is 17.2 Å². The highest BCUT2D eigenvalue weighted by atomic mass is 35.5. The van der Waals surface area contributed by atoms with E-state index in [9.17, 15) is 17.2 Å². The molecule has 0 saturated heterocycles. The van der Waals surface area contributed by atoms with E-state index in [-0.39, 0.29) is 21.6 Å². The summed E-state index contributed by atoms with van der Waals surface area (Å²) < 4.78 is 51.0. The molecule has 28 heavy (non-hydrogen) atoms. The summed E-state index contributed by atoms with van der Waals surface area (Å²) in [6, 6.07) is 6.06. The van der Waals surface area contributed by atoms with Crippen LogP contribution in [0.15, 0.2) is 35.4 Å². The normalized spacial score (nSPS) is 12.8. The lowest BCUT2D eigenvalue weighted by molar-refractivity contribution is 0.597. The number of anilines is 1. The number of hydrogen-bond donors (Lipinski definition) is 2. The molecule has 10 heteroatoms. The van der Waals surface area contributed by atoms with E-state index in [2.05, 4.69) is 20.3 Å². The quantitative estimate of drug-likeness (QED) is 0.644. The number of aromatic nitrogens is 3. The van der Waals surface area contributed by atoms with Gasteiger partial charge in [0.2, 0.25) is 0 Å². The van der Waals surface area contributed by atoms with Crippen LogP contribution in [0.2, 0.25) is 5.02 Å². The van der Waals surface area contributed by atoms with E-state index >= 15 is 0 Å². The maximum absolute atomic E-state index is 13.6. The van der Waals surface area contributed by atoms with Crippen LogP contribution in [0, 0.1) is 25.5 Å². The van der Waals surface area contributed by atoms with Gasteiger partial charge in [-0.25, -0.2) is 27.2 Å². The first-order valence-electron chi connectivity index (χ1n) is 8.17. The van der Waals surface area contributed by atoms with Gasteiger partial charge in [-0.1, -0.05) is 17.7 Å². The van der Waals surface area contributed by atoms with Gasteiger partial charge in [-0.3, -0.25) is 0 Å². The molecule has 0 fully saturated rings. The molecule has 1 aromatic carbocycles. The van der Waals surface area contributed by atoms with E-state index in [1.807, 2.05) is 0 Å². The van der Waals surface area contributed by atoms with Crippen LogP contribution >= 0.6 is 11.6 Å². The Morgan fingerprint density at radius 3 is 2.36 bits per heavy atom. The first-order valence-corrected chi connectivity index (χ1v) is 10.4. The SMILES string of the molecule is Cc1nc(NC(c2ccc(F)c(Cl)c2)c2nc(S(C)(=O)=O)c(C)[nH]2)ccc1F. The summed E-state index contributed by atoms with van der Waals surface area (Å²) in [6.07, 6.45) is 1.06. The van der Waals surface area contributed by atoms with E-state index in [1.165, 1.54) is 37.3 Å². The lowest BCUT2D eigenvalue weighted by atomic mass is 10.1. The largest absolute Gasteiger partial charge is 0.356 e. The van der Waals surface area contributed by atoms with Gasteiger partial charge in [-0.2, -0.15) is 0 Å². The van der Waals surface area contributed by atoms with Crippen molar-refractivity contribution in [2.45, 2.75) is 24.9 Å². The van der Waals surface area contributed by atoms with Crippen molar-refractivity contribution in [3.8, 4) is 0 Å². The molecule has 3 aromatic rings. The second kappa shape index (κ2) is 7.48. The van der Waals surface area contributed by atoms with Crippen LogP contribution in [0.4, 0.5) is 14.6 Å². The van der Waals surface area contributed by atoms with E-state index in [0.717, 1.165) is 6.26 Å². The average molecular weight is 427 g/mol. The predicted molar refractivity (Wildman–Crippen MR) is 102 cm³/mol. The fourth-order valence-corrected chi connectivity index (χ4v) is 3.80. The molecule has 0 spiro atoms. The first kappa shape index (κ1) is 20.2. The molecule has 148 valence electrons. The smallest absolute Gasteiger partial charge is 0.194 e. The molecule has 2 aromatic heterocycles. The minimum Gasteiger partial charge on any atom is -0.356 e. The van der Waals surface area contributed by atoms with Gasteiger partial charge in [0.25, 0.3) is 0 Å². The number of rotatable bonds is 5. The molecule has 3 rings (SSSR count). The number of imidazole rings is 1. The number of aryl methyl sites for hydroxylation is 2. The van der Waals surface area contributed by atoms with Crippen molar-refractivity contribution in [2.75, 3.05) is 11.6 Å². The highest BCUT2D eigenvalue weighted by Gasteiger charge is 2.24. The third-order valence-electron chi connectivity index (χ3n) is 4.07. The molecule has 0 bridgehead atoms. The molecule has 0 saturated carbocycles. The standard InChI is InChI=1S/C18H17ClF2N4O2S/c1-9-13(20)6-7-15(22-9)24-16(11-4-5-14(21)12(19)8-11)17-23-10(2)18(25-17)28(3,26)27/h4-8,16H,1-3H3,(H,22,24)(H,23,25). The molecule has 0 aliphatic rings. The van der Waals surface area contributed by atoms with Crippen molar-refractivity contribution in [1.82, 2.24) is 15.0 Å².